The fourth-order valence-corrected chi connectivity index (χ4v) is 2.34. The maximum absolute atomic E-state index is 14.8. The number of rotatable bonds is 9. The molecule has 4 atom stereocenters. The van der Waals surface area contributed by atoms with Gasteiger partial charge in [-0.1, -0.05) is 0 Å². The fraction of sp³-hybridized carbons (Fsp3) is 0.643. The van der Waals surface area contributed by atoms with E-state index in [1.807, 2.05) is 0 Å². The lowest BCUT2D eigenvalue weighted by Gasteiger charge is -2.46. The highest BCUT2D eigenvalue weighted by Crippen LogP contribution is 2.42. The zero-order chi connectivity index (χ0) is 20.4. The molecule has 4 N–H and O–H groups in total. The third-order valence-electron chi connectivity index (χ3n) is 3.57. The Kier molecular flexibility index (Phi) is 6.82. The molecule has 0 saturated carbocycles. The molecule has 0 fully saturated rings. The number of aliphatic hydroxyl groups is 4. The van der Waals surface area contributed by atoms with E-state index in [1.54, 1.807) is 0 Å². The van der Waals surface area contributed by atoms with E-state index in [2.05, 4.69) is 4.74 Å². The number of carbonyl (C=O) groups excluding carboxylic acids is 5. The molecule has 0 spiro atoms. The van der Waals surface area contributed by atoms with Crippen molar-refractivity contribution in [3.05, 3.63) is 0 Å². The fourth-order valence-electron chi connectivity index (χ4n) is 2.34. The summed E-state index contributed by atoms with van der Waals surface area (Å²) in [7, 11) is 0. The third kappa shape index (κ3) is 3.35. The molecule has 0 aliphatic rings. The van der Waals surface area contributed by atoms with Crippen LogP contribution in [-0.2, 0) is 28.7 Å². The Morgan fingerprint density at radius 2 is 1.44 bits per heavy atom. The summed E-state index contributed by atoms with van der Waals surface area (Å²) >= 11 is 0. The van der Waals surface area contributed by atoms with E-state index >= 15 is 0 Å². The maximum atomic E-state index is 14.8. The van der Waals surface area contributed by atoms with Crippen LogP contribution in [0.4, 0.5) is 4.39 Å². The summed E-state index contributed by atoms with van der Waals surface area (Å²) in [6, 6.07) is 0. The molecular formula is C14H19FO10. The molecule has 0 aliphatic carbocycles. The highest BCUT2D eigenvalue weighted by atomic mass is 19.2. The predicted octanol–water partition coefficient (Wildman–Crippen LogP) is -2.63. The van der Waals surface area contributed by atoms with Crippen molar-refractivity contribution < 1.29 is 53.5 Å². The molecule has 0 aliphatic heterocycles. The largest absolute Gasteiger partial charge is 0.439 e. The summed E-state index contributed by atoms with van der Waals surface area (Å²) in [6.07, 6.45) is -2.91. The molecule has 10 nitrogen and oxygen atoms in total. The Labute approximate surface area is 141 Å². The van der Waals surface area contributed by atoms with Gasteiger partial charge in [-0.3, -0.25) is 24.0 Å². The number of hydrogen-bond donors (Lipinski definition) is 4. The number of esters is 1. The zero-order valence-corrected chi connectivity index (χ0v) is 13.9. The van der Waals surface area contributed by atoms with Crippen molar-refractivity contribution in [1.29, 1.82) is 0 Å². The minimum atomic E-state index is -4.56. The van der Waals surface area contributed by atoms with Crippen molar-refractivity contribution >= 4 is 29.1 Å². The van der Waals surface area contributed by atoms with Crippen LogP contribution in [0.25, 0.3) is 0 Å². The normalized spacial score (nSPS) is 19.6. The van der Waals surface area contributed by atoms with E-state index in [-0.39, 0.29) is 0 Å². The van der Waals surface area contributed by atoms with Crippen LogP contribution in [0.3, 0.4) is 0 Å². The second kappa shape index (κ2) is 7.44. The van der Waals surface area contributed by atoms with Crippen LogP contribution >= 0.6 is 0 Å². The summed E-state index contributed by atoms with van der Waals surface area (Å²) in [5.74, 6) is -13.1. The molecular weight excluding hydrogens is 347 g/mol. The number of ether oxygens (including phenoxy) is 1. The molecule has 0 saturated heterocycles. The highest BCUT2D eigenvalue weighted by Gasteiger charge is 2.77. The van der Waals surface area contributed by atoms with Crippen LogP contribution in [0.1, 0.15) is 27.7 Å². The summed E-state index contributed by atoms with van der Waals surface area (Å²) in [6.45, 7) is 0.516. The molecule has 0 aromatic rings. The van der Waals surface area contributed by atoms with Gasteiger partial charge in [0.1, 0.15) is 6.10 Å². The zero-order valence-electron chi connectivity index (χ0n) is 13.9. The molecule has 0 rings (SSSR count). The van der Waals surface area contributed by atoms with Crippen LogP contribution in [-0.4, -0.2) is 79.3 Å². The van der Waals surface area contributed by atoms with Crippen molar-refractivity contribution in [2.24, 2.45) is 0 Å². The van der Waals surface area contributed by atoms with E-state index in [0.717, 1.165) is 0 Å². The van der Waals surface area contributed by atoms with Crippen molar-refractivity contribution in [2.75, 3.05) is 6.61 Å². The Morgan fingerprint density at radius 1 is 1.00 bits per heavy atom. The quantitative estimate of drug-likeness (QED) is 0.192. The van der Waals surface area contributed by atoms with Crippen LogP contribution in [0, 0.1) is 0 Å². The minimum absolute atomic E-state index is 0.406. The number of halogens is 1. The molecule has 142 valence electrons. The molecule has 0 aromatic heterocycles. The van der Waals surface area contributed by atoms with Crippen molar-refractivity contribution in [3.63, 3.8) is 0 Å². The lowest BCUT2D eigenvalue weighted by molar-refractivity contribution is -0.302. The van der Waals surface area contributed by atoms with Crippen LogP contribution in [0.2, 0.25) is 0 Å². The number of hydrogen-bond acceptors (Lipinski definition) is 10. The second-order valence-corrected chi connectivity index (χ2v) is 5.35. The lowest BCUT2D eigenvalue weighted by atomic mass is 9.67. The van der Waals surface area contributed by atoms with Gasteiger partial charge >= 0.3 is 5.97 Å². The Hall–Kier alpha value is -2.08. The van der Waals surface area contributed by atoms with Crippen LogP contribution in [0.5, 0.6) is 0 Å². The topological polar surface area (TPSA) is 175 Å². The Bertz CT molecular complexity index is 613. The van der Waals surface area contributed by atoms with Gasteiger partial charge in [-0.25, -0.2) is 4.39 Å². The summed E-state index contributed by atoms with van der Waals surface area (Å²) in [5, 5.41) is 38.7. The highest BCUT2D eigenvalue weighted by molar-refractivity contribution is 6.45. The third-order valence-corrected chi connectivity index (χ3v) is 3.57. The van der Waals surface area contributed by atoms with Gasteiger partial charge in [0, 0.05) is 13.8 Å². The summed E-state index contributed by atoms with van der Waals surface area (Å²) in [4.78, 5) is 59.1. The van der Waals surface area contributed by atoms with E-state index in [4.69, 9.17) is 5.11 Å². The number of Topliss-reactive ketones (excluding diaryl/α,β-unsaturated/α-hetero) is 4. The summed E-state index contributed by atoms with van der Waals surface area (Å²) < 4.78 is 19.2. The number of carbonyl (C=O) groups is 5. The van der Waals surface area contributed by atoms with Gasteiger partial charge in [0.15, 0.2) is 17.3 Å². The van der Waals surface area contributed by atoms with Gasteiger partial charge in [-0.15, -0.1) is 0 Å². The van der Waals surface area contributed by atoms with Crippen molar-refractivity contribution in [2.45, 2.75) is 50.9 Å². The first-order chi connectivity index (χ1) is 11.1. The van der Waals surface area contributed by atoms with Crippen molar-refractivity contribution in [1.82, 2.24) is 0 Å². The van der Waals surface area contributed by atoms with E-state index in [9.17, 15) is 43.7 Å². The smallest absolute Gasteiger partial charge is 0.304 e. The lowest BCUT2D eigenvalue weighted by Crippen LogP contribution is -2.79. The maximum Gasteiger partial charge on any atom is 0.304 e. The van der Waals surface area contributed by atoms with E-state index in [0.29, 0.717) is 27.7 Å². The average molecular weight is 366 g/mol. The average Bonchev–Trinajstić information content (AvgIpc) is 2.48. The standard InChI is InChI=1S/C14H19FO10/c1-6(17)11(22)12(7(2)18,25-9(4)20)13(23,8(3)19)14(15,24)10(21)5-16/h10,16,21,23-24H,5H2,1-4H3/t10-,12+,13-,14-/m1/s1. The number of ketones is 4. The van der Waals surface area contributed by atoms with Gasteiger partial charge in [0.25, 0.3) is 17.2 Å². The number of aliphatic hydroxyl groups excluding tert-OH is 2. The molecule has 25 heavy (non-hydrogen) atoms. The molecule has 0 bridgehead atoms. The number of alkyl halides is 1. The Balaban J connectivity index is 7.17. The monoisotopic (exact) mass is 366 g/mol. The first-order valence-electron chi connectivity index (χ1n) is 6.84. The second-order valence-electron chi connectivity index (χ2n) is 5.35. The van der Waals surface area contributed by atoms with E-state index < -0.39 is 58.9 Å². The molecule has 0 aromatic carbocycles. The SMILES string of the molecule is CC(=O)O[C@@](C(C)=O)(C(=O)C(C)=O)[C@](O)(C(C)=O)[C@@](O)(F)[C@H](O)CO. The van der Waals surface area contributed by atoms with Gasteiger partial charge in [-0.2, -0.15) is 0 Å². The van der Waals surface area contributed by atoms with E-state index in [1.165, 1.54) is 0 Å². The van der Waals surface area contributed by atoms with Crippen LogP contribution in [0.15, 0.2) is 0 Å². The molecule has 0 unspecified atom stereocenters. The summed E-state index contributed by atoms with van der Waals surface area (Å²) in [5.41, 5.74) is -8.06. The minimum Gasteiger partial charge on any atom is -0.439 e. The van der Waals surface area contributed by atoms with Gasteiger partial charge in [-0.05, 0) is 13.8 Å². The van der Waals surface area contributed by atoms with Gasteiger partial charge in [0.05, 0.1) is 6.61 Å². The van der Waals surface area contributed by atoms with Crippen molar-refractivity contribution in [3.8, 4) is 0 Å². The first kappa shape index (κ1) is 22.9. The molecule has 0 radical (unpaired) electrons. The van der Waals surface area contributed by atoms with Gasteiger partial charge in [0.2, 0.25) is 5.60 Å². The first-order valence-corrected chi connectivity index (χ1v) is 6.84. The molecule has 0 heterocycles. The molecule has 0 amide bonds. The Morgan fingerprint density at radius 3 is 1.68 bits per heavy atom. The van der Waals surface area contributed by atoms with Gasteiger partial charge < -0.3 is 25.2 Å². The molecule has 11 heteroatoms. The predicted molar refractivity (Wildman–Crippen MR) is 75.6 cm³/mol. The van der Waals surface area contributed by atoms with Crippen LogP contribution < -0.4 is 0 Å².